The standard InChI is InChI=1S/C19H20N2O3S/c1-23-13-7-9-14(10-8-13)24-12-18(22)21-19-16(11-20)15-5-3-2-4-6-17(15)25-19/h7-10H,2-6,12H2,1H3,(H,21,22). The van der Waals surface area contributed by atoms with E-state index in [4.69, 9.17) is 9.47 Å². The molecule has 1 aromatic heterocycles. The first kappa shape index (κ1) is 17.3. The van der Waals surface area contributed by atoms with E-state index in [-0.39, 0.29) is 12.5 Å². The minimum absolute atomic E-state index is 0.0975. The van der Waals surface area contributed by atoms with Crippen molar-refractivity contribution >= 4 is 22.2 Å². The highest BCUT2D eigenvalue weighted by Crippen LogP contribution is 2.36. The second-order valence-electron chi connectivity index (χ2n) is 5.89. The number of fused-ring (bicyclic) bond motifs is 1. The molecular weight excluding hydrogens is 336 g/mol. The Bertz CT molecular complexity index is 790. The van der Waals surface area contributed by atoms with Gasteiger partial charge in [-0.05, 0) is 55.5 Å². The zero-order valence-corrected chi connectivity index (χ0v) is 14.9. The van der Waals surface area contributed by atoms with Crippen LogP contribution in [0.25, 0.3) is 0 Å². The average Bonchev–Trinajstić information content (AvgIpc) is 2.79. The van der Waals surface area contributed by atoms with Gasteiger partial charge in [-0.15, -0.1) is 11.3 Å². The minimum atomic E-state index is -0.260. The quantitative estimate of drug-likeness (QED) is 0.825. The van der Waals surface area contributed by atoms with E-state index >= 15 is 0 Å². The number of rotatable bonds is 5. The molecule has 5 nitrogen and oxygen atoms in total. The third kappa shape index (κ3) is 4.12. The number of methoxy groups -OCH3 is 1. The van der Waals surface area contributed by atoms with Gasteiger partial charge >= 0.3 is 0 Å². The summed E-state index contributed by atoms with van der Waals surface area (Å²) in [7, 11) is 1.60. The molecule has 0 spiro atoms. The van der Waals surface area contributed by atoms with Gasteiger partial charge in [0.2, 0.25) is 0 Å². The Morgan fingerprint density at radius 3 is 2.64 bits per heavy atom. The molecule has 0 fully saturated rings. The molecule has 1 N–H and O–H groups in total. The third-order valence-electron chi connectivity index (χ3n) is 4.22. The predicted octanol–water partition coefficient (Wildman–Crippen LogP) is 3.91. The summed E-state index contributed by atoms with van der Waals surface area (Å²) in [5, 5.41) is 13.0. The average molecular weight is 356 g/mol. The largest absolute Gasteiger partial charge is 0.497 e. The van der Waals surface area contributed by atoms with Crippen LogP contribution in [-0.4, -0.2) is 19.6 Å². The van der Waals surface area contributed by atoms with Gasteiger partial charge in [0.05, 0.1) is 12.7 Å². The molecule has 0 bridgehead atoms. The van der Waals surface area contributed by atoms with Crippen LogP contribution in [0.4, 0.5) is 5.00 Å². The number of hydrogen-bond donors (Lipinski definition) is 1. The van der Waals surface area contributed by atoms with Gasteiger partial charge in [0.1, 0.15) is 22.6 Å². The Hall–Kier alpha value is -2.52. The highest BCUT2D eigenvalue weighted by atomic mass is 32.1. The molecule has 130 valence electrons. The number of hydrogen-bond acceptors (Lipinski definition) is 5. The summed E-state index contributed by atoms with van der Waals surface area (Å²) in [6, 6.07) is 9.31. The first-order chi connectivity index (χ1) is 12.2. The molecule has 0 radical (unpaired) electrons. The number of nitrogens with one attached hydrogen (secondary N) is 1. The maximum atomic E-state index is 12.2. The minimum Gasteiger partial charge on any atom is -0.497 e. The molecule has 3 rings (SSSR count). The molecule has 1 aliphatic carbocycles. The van der Waals surface area contributed by atoms with Crippen molar-refractivity contribution in [2.75, 3.05) is 19.0 Å². The lowest BCUT2D eigenvalue weighted by atomic mass is 10.1. The molecule has 1 aromatic carbocycles. The molecular formula is C19H20N2O3S. The highest BCUT2D eigenvalue weighted by Gasteiger charge is 2.21. The lowest BCUT2D eigenvalue weighted by molar-refractivity contribution is -0.118. The van der Waals surface area contributed by atoms with Crippen LogP contribution < -0.4 is 14.8 Å². The number of thiophene rings is 1. The fourth-order valence-electron chi connectivity index (χ4n) is 2.93. The van der Waals surface area contributed by atoms with E-state index in [0.29, 0.717) is 16.3 Å². The van der Waals surface area contributed by atoms with Crippen molar-refractivity contribution in [2.45, 2.75) is 32.1 Å². The number of nitrogens with zero attached hydrogens (tertiary/aromatic N) is 1. The van der Waals surface area contributed by atoms with Crippen LogP contribution >= 0.6 is 11.3 Å². The molecule has 0 aliphatic heterocycles. The Morgan fingerprint density at radius 1 is 1.20 bits per heavy atom. The van der Waals surface area contributed by atoms with E-state index in [1.54, 1.807) is 31.4 Å². The summed E-state index contributed by atoms with van der Waals surface area (Å²) < 4.78 is 10.6. The lowest BCUT2D eigenvalue weighted by Gasteiger charge is -2.07. The van der Waals surface area contributed by atoms with Gasteiger partial charge in [0, 0.05) is 4.88 Å². The maximum absolute atomic E-state index is 12.2. The number of carbonyl (C=O) groups excluding carboxylic acids is 1. The molecule has 25 heavy (non-hydrogen) atoms. The van der Waals surface area contributed by atoms with Crippen LogP contribution in [0.5, 0.6) is 11.5 Å². The molecule has 0 saturated carbocycles. The van der Waals surface area contributed by atoms with E-state index in [1.165, 1.54) is 22.6 Å². The second-order valence-corrected chi connectivity index (χ2v) is 7.00. The normalized spacial score (nSPS) is 13.3. The monoisotopic (exact) mass is 356 g/mol. The zero-order chi connectivity index (χ0) is 17.6. The number of carbonyl (C=O) groups is 1. The van der Waals surface area contributed by atoms with Crippen LogP contribution in [0.15, 0.2) is 24.3 Å². The van der Waals surface area contributed by atoms with Crippen LogP contribution in [0, 0.1) is 11.3 Å². The van der Waals surface area contributed by atoms with Crippen molar-refractivity contribution in [3.63, 3.8) is 0 Å². The Balaban J connectivity index is 1.63. The van der Waals surface area contributed by atoms with Crippen LogP contribution in [0.3, 0.4) is 0 Å². The number of ether oxygens (including phenoxy) is 2. The SMILES string of the molecule is COc1ccc(OCC(=O)Nc2sc3c(c2C#N)CCCCC3)cc1. The van der Waals surface area contributed by atoms with Gasteiger partial charge in [-0.1, -0.05) is 6.42 Å². The fourth-order valence-corrected chi connectivity index (χ4v) is 4.19. The van der Waals surface area contributed by atoms with Crippen LogP contribution in [-0.2, 0) is 17.6 Å². The number of amides is 1. The summed E-state index contributed by atoms with van der Waals surface area (Å²) in [5.41, 5.74) is 1.75. The summed E-state index contributed by atoms with van der Waals surface area (Å²) >= 11 is 1.53. The Morgan fingerprint density at radius 2 is 1.92 bits per heavy atom. The number of anilines is 1. The van der Waals surface area contributed by atoms with E-state index in [9.17, 15) is 10.1 Å². The summed E-state index contributed by atoms with van der Waals surface area (Å²) in [4.78, 5) is 13.4. The highest BCUT2D eigenvalue weighted by molar-refractivity contribution is 7.16. The van der Waals surface area contributed by atoms with Gasteiger partial charge in [-0.2, -0.15) is 5.26 Å². The lowest BCUT2D eigenvalue weighted by Crippen LogP contribution is -2.20. The first-order valence-electron chi connectivity index (χ1n) is 8.32. The van der Waals surface area contributed by atoms with Crippen molar-refractivity contribution in [2.24, 2.45) is 0 Å². The fraction of sp³-hybridized carbons (Fsp3) is 0.368. The van der Waals surface area contributed by atoms with Crippen molar-refractivity contribution in [1.82, 2.24) is 0 Å². The maximum Gasteiger partial charge on any atom is 0.262 e. The summed E-state index contributed by atoms with van der Waals surface area (Å²) in [6.07, 6.45) is 5.36. The number of aryl methyl sites for hydroxylation is 1. The number of nitriles is 1. The van der Waals surface area contributed by atoms with E-state index in [0.717, 1.165) is 37.0 Å². The van der Waals surface area contributed by atoms with E-state index < -0.39 is 0 Å². The smallest absolute Gasteiger partial charge is 0.262 e. The van der Waals surface area contributed by atoms with E-state index in [1.807, 2.05) is 0 Å². The predicted molar refractivity (Wildman–Crippen MR) is 97.4 cm³/mol. The number of benzene rings is 1. The van der Waals surface area contributed by atoms with Gasteiger partial charge < -0.3 is 14.8 Å². The van der Waals surface area contributed by atoms with Crippen molar-refractivity contribution < 1.29 is 14.3 Å². The van der Waals surface area contributed by atoms with Crippen LogP contribution in [0.1, 0.15) is 35.3 Å². The zero-order valence-electron chi connectivity index (χ0n) is 14.1. The molecule has 0 unspecified atom stereocenters. The van der Waals surface area contributed by atoms with Crippen molar-refractivity contribution in [3.05, 3.63) is 40.3 Å². The molecule has 0 atom stereocenters. The molecule has 1 amide bonds. The van der Waals surface area contributed by atoms with Crippen molar-refractivity contribution in [3.8, 4) is 17.6 Å². The van der Waals surface area contributed by atoms with Gasteiger partial charge in [0.25, 0.3) is 5.91 Å². The third-order valence-corrected chi connectivity index (χ3v) is 5.42. The molecule has 0 saturated heterocycles. The van der Waals surface area contributed by atoms with Gasteiger partial charge in [0.15, 0.2) is 6.61 Å². The molecule has 2 aromatic rings. The Labute approximate surface area is 151 Å². The molecule has 6 heteroatoms. The van der Waals surface area contributed by atoms with Crippen molar-refractivity contribution in [1.29, 1.82) is 5.26 Å². The van der Waals surface area contributed by atoms with Crippen LogP contribution in [0.2, 0.25) is 0 Å². The first-order valence-corrected chi connectivity index (χ1v) is 9.14. The molecule has 1 aliphatic rings. The molecule has 1 heterocycles. The van der Waals surface area contributed by atoms with E-state index in [2.05, 4.69) is 11.4 Å². The topological polar surface area (TPSA) is 71.3 Å². The summed E-state index contributed by atoms with van der Waals surface area (Å²) in [6.45, 7) is -0.0975. The Kier molecular flexibility index (Phi) is 5.56. The summed E-state index contributed by atoms with van der Waals surface area (Å²) in [5.74, 6) is 1.07. The second kappa shape index (κ2) is 8.04. The van der Waals surface area contributed by atoms with Gasteiger partial charge in [-0.3, -0.25) is 4.79 Å². The van der Waals surface area contributed by atoms with Gasteiger partial charge in [-0.25, -0.2) is 0 Å².